The topological polar surface area (TPSA) is 78.4 Å². The van der Waals surface area contributed by atoms with E-state index in [-0.39, 0.29) is 12.1 Å². The molecule has 0 radical (unpaired) electrons. The van der Waals surface area contributed by atoms with Crippen molar-refractivity contribution >= 4 is 12.0 Å². The molecule has 0 spiro atoms. The van der Waals surface area contributed by atoms with Crippen LogP contribution in [0.5, 0.6) is 0 Å². The first-order valence-corrected chi connectivity index (χ1v) is 7.10. The van der Waals surface area contributed by atoms with Crippen molar-refractivity contribution in [2.75, 3.05) is 6.54 Å². The predicted octanol–water partition coefficient (Wildman–Crippen LogP) is 2.61. The average Bonchev–Trinajstić information content (AvgIpc) is 2.27. The zero-order valence-corrected chi connectivity index (χ0v) is 12.5. The second kappa shape index (κ2) is 9.64. The molecule has 0 fully saturated rings. The number of amides is 2. The first-order chi connectivity index (χ1) is 8.82. The molecule has 0 aromatic rings. The summed E-state index contributed by atoms with van der Waals surface area (Å²) in [7, 11) is 0. The molecule has 3 N–H and O–H groups in total. The van der Waals surface area contributed by atoms with Crippen LogP contribution in [0, 0.1) is 11.8 Å². The van der Waals surface area contributed by atoms with Gasteiger partial charge in [-0.15, -0.1) is 0 Å². The molecule has 0 bridgehead atoms. The molecule has 19 heavy (non-hydrogen) atoms. The number of carboxylic acid groups (broad SMARTS) is 1. The van der Waals surface area contributed by atoms with Crippen molar-refractivity contribution in [2.45, 2.75) is 59.4 Å². The summed E-state index contributed by atoms with van der Waals surface area (Å²) in [5.41, 5.74) is 0. The Hall–Kier alpha value is -1.26. The van der Waals surface area contributed by atoms with E-state index < -0.39 is 11.9 Å². The van der Waals surface area contributed by atoms with E-state index >= 15 is 0 Å². The van der Waals surface area contributed by atoms with Crippen LogP contribution in [0.1, 0.15) is 53.4 Å². The summed E-state index contributed by atoms with van der Waals surface area (Å²) in [6.07, 6.45) is 3.69. The summed E-state index contributed by atoms with van der Waals surface area (Å²) < 4.78 is 0. The number of carbonyl (C=O) groups excluding carboxylic acids is 1. The Bertz CT molecular complexity index is 280. The molecule has 0 aromatic carbocycles. The Labute approximate surface area is 116 Å². The molecular weight excluding hydrogens is 244 g/mol. The van der Waals surface area contributed by atoms with Gasteiger partial charge in [-0.2, -0.15) is 0 Å². The van der Waals surface area contributed by atoms with Crippen LogP contribution in [-0.4, -0.2) is 29.7 Å². The molecule has 0 aliphatic heterocycles. The van der Waals surface area contributed by atoms with Gasteiger partial charge in [0.1, 0.15) is 0 Å². The van der Waals surface area contributed by atoms with Gasteiger partial charge in [-0.1, -0.05) is 33.6 Å². The van der Waals surface area contributed by atoms with Crippen LogP contribution in [0.25, 0.3) is 0 Å². The third kappa shape index (κ3) is 10.4. The molecule has 5 nitrogen and oxygen atoms in total. The average molecular weight is 272 g/mol. The fraction of sp³-hybridized carbons (Fsp3) is 0.857. The Morgan fingerprint density at radius 3 is 2.21 bits per heavy atom. The first kappa shape index (κ1) is 17.7. The highest BCUT2D eigenvalue weighted by Gasteiger charge is 2.11. The number of carbonyl (C=O) groups is 2. The molecule has 2 amide bonds. The van der Waals surface area contributed by atoms with Crippen molar-refractivity contribution < 1.29 is 14.7 Å². The van der Waals surface area contributed by atoms with E-state index in [0.29, 0.717) is 18.9 Å². The van der Waals surface area contributed by atoms with Crippen molar-refractivity contribution in [3.8, 4) is 0 Å². The number of nitrogens with one attached hydrogen (secondary N) is 2. The van der Waals surface area contributed by atoms with E-state index in [1.54, 1.807) is 6.92 Å². The third-order valence-electron chi connectivity index (χ3n) is 3.08. The number of rotatable bonds is 9. The van der Waals surface area contributed by atoms with Crippen LogP contribution in [0.3, 0.4) is 0 Å². The Kier molecular flexibility index (Phi) is 9.00. The van der Waals surface area contributed by atoms with Gasteiger partial charge in [-0.05, 0) is 25.7 Å². The summed E-state index contributed by atoms with van der Waals surface area (Å²) in [6, 6.07) is -0.0646. The summed E-state index contributed by atoms with van der Waals surface area (Å²) >= 11 is 0. The Morgan fingerprint density at radius 1 is 1.05 bits per heavy atom. The highest BCUT2D eigenvalue weighted by molar-refractivity contribution is 5.74. The summed E-state index contributed by atoms with van der Waals surface area (Å²) in [5, 5.41) is 14.3. The standard InChI is InChI=1S/C14H28N2O3/c1-10(2)6-5-7-12(4)16-14(19)15-9-8-11(3)13(17)18/h10-12H,5-9H2,1-4H3,(H,17,18)(H2,15,16,19). The zero-order chi connectivity index (χ0) is 14.8. The second-order valence-electron chi connectivity index (χ2n) is 5.65. The molecule has 0 heterocycles. The number of hydrogen-bond donors (Lipinski definition) is 3. The maximum Gasteiger partial charge on any atom is 0.314 e. The molecule has 0 saturated carbocycles. The highest BCUT2D eigenvalue weighted by Crippen LogP contribution is 2.08. The van der Waals surface area contributed by atoms with Gasteiger partial charge in [-0.25, -0.2) is 4.79 Å². The van der Waals surface area contributed by atoms with Gasteiger partial charge in [0, 0.05) is 12.6 Å². The SMILES string of the molecule is CC(C)CCCC(C)NC(=O)NCCC(C)C(=O)O. The van der Waals surface area contributed by atoms with Crippen molar-refractivity contribution in [3.05, 3.63) is 0 Å². The lowest BCUT2D eigenvalue weighted by Gasteiger charge is -2.15. The lowest BCUT2D eigenvalue weighted by Crippen LogP contribution is -2.41. The first-order valence-electron chi connectivity index (χ1n) is 7.10. The van der Waals surface area contributed by atoms with Crippen molar-refractivity contribution in [3.63, 3.8) is 0 Å². The van der Waals surface area contributed by atoms with E-state index in [4.69, 9.17) is 5.11 Å². The van der Waals surface area contributed by atoms with Gasteiger partial charge >= 0.3 is 12.0 Å². The number of carboxylic acids is 1. The predicted molar refractivity (Wildman–Crippen MR) is 76.1 cm³/mol. The quantitative estimate of drug-likeness (QED) is 0.603. The molecule has 0 aromatic heterocycles. The normalized spacial score (nSPS) is 13.9. The molecule has 0 aliphatic carbocycles. The lowest BCUT2D eigenvalue weighted by molar-refractivity contribution is -0.141. The van der Waals surface area contributed by atoms with Gasteiger partial charge in [0.05, 0.1) is 5.92 Å². The van der Waals surface area contributed by atoms with E-state index in [9.17, 15) is 9.59 Å². The molecule has 2 unspecified atom stereocenters. The van der Waals surface area contributed by atoms with Crippen LogP contribution < -0.4 is 10.6 Å². The van der Waals surface area contributed by atoms with E-state index in [0.717, 1.165) is 12.8 Å². The van der Waals surface area contributed by atoms with Crippen LogP contribution in [0.4, 0.5) is 4.79 Å². The molecule has 112 valence electrons. The largest absolute Gasteiger partial charge is 0.481 e. The van der Waals surface area contributed by atoms with Crippen LogP contribution in [-0.2, 0) is 4.79 Å². The maximum atomic E-state index is 11.5. The van der Waals surface area contributed by atoms with E-state index in [2.05, 4.69) is 24.5 Å². The fourth-order valence-electron chi connectivity index (χ4n) is 1.70. The fourth-order valence-corrected chi connectivity index (χ4v) is 1.70. The molecular formula is C14H28N2O3. The monoisotopic (exact) mass is 272 g/mol. The lowest BCUT2D eigenvalue weighted by atomic mass is 10.0. The van der Waals surface area contributed by atoms with Crippen molar-refractivity contribution in [2.24, 2.45) is 11.8 Å². The minimum absolute atomic E-state index is 0.149. The summed E-state index contributed by atoms with van der Waals surface area (Å²) in [6.45, 7) is 8.39. The van der Waals surface area contributed by atoms with Crippen molar-refractivity contribution in [1.29, 1.82) is 0 Å². The minimum Gasteiger partial charge on any atom is -0.481 e. The number of urea groups is 1. The Balaban J connectivity index is 3.65. The summed E-state index contributed by atoms with van der Waals surface area (Å²) in [5.74, 6) is -0.563. The van der Waals surface area contributed by atoms with Crippen LogP contribution >= 0.6 is 0 Å². The minimum atomic E-state index is -0.829. The van der Waals surface area contributed by atoms with Gasteiger partial charge in [0.2, 0.25) is 0 Å². The molecule has 0 saturated heterocycles. The van der Waals surface area contributed by atoms with E-state index in [1.807, 2.05) is 6.92 Å². The van der Waals surface area contributed by atoms with Crippen molar-refractivity contribution in [1.82, 2.24) is 10.6 Å². The molecule has 5 heteroatoms. The van der Waals surface area contributed by atoms with Crippen LogP contribution in [0.2, 0.25) is 0 Å². The highest BCUT2D eigenvalue weighted by atomic mass is 16.4. The second-order valence-corrected chi connectivity index (χ2v) is 5.65. The van der Waals surface area contributed by atoms with Gasteiger partial charge in [-0.3, -0.25) is 4.79 Å². The Morgan fingerprint density at radius 2 is 1.68 bits per heavy atom. The molecule has 0 rings (SSSR count). The van der Waals surface area contributed by atoms with E-state index in [1.165, 1.54) is 6.42 Å². The summed E-state index contributed by atoms with van der Waals surface area (Å²) in [4.78, 5) is 22.1. The number of aliphatic carboxylic acids is 1. The van der Waals surface area contributed by atoms with Gasteiger partial charge in [0.25, 0.3) is 0 Å². The number of hydrogen-bond acceptors (Lipinski definition) is 2. The zero-order valence-electron chi connectivity index (χ0n) is 12.5. The van der Waals surface area contributed by atoms with Gasteiger partial charge < -0.3 is 15.7 Å². The molecule has 2 atom stereocenters. The maximum absolute atomic E-state index is 11.5. The smallest absolute Gasteiger partial charge is 0.314 e. The third-order valence-corrected chi connectivity index (χ3v) is 3.08. The molecule has 0 aliphatic rings. The van der Waals surface area contributed by atoms with Crippen LogP contribution in [0.15, 0.2) is 0 Å². The van der Waals surface area contributed by atoms with Gasteiger partial charge in [0.15, 0.2) is 0 Å².